The number of piperidine rings is 1. The van der Waals surface area contributed by atoms with Crippen molar-refractivity contribution in [3.05, 3.63) is 0 Å². The van der Waals surface area contributed by atoms with Gasteiger partial charge < -0.3 is 10.2 Å². The maximum Gasteiger partial charge on any atom is 0.00912 e. The maximum atomic E-state index is 3.58. The molecule has 2 nitrogen and oxygen atoms in total. The summed E-state index contributed by atoms with van der Waals surface area (Å²) in [5, 5.41) is 3.58. The molecule has 1 aliphatic carbocycles. The zero-order valence-corrected chi connectivity index (χ0v) is 11.0. The van der Waals surface area contributed by atoms with Crippen molar-refractivity contribution >= 4 is 0 Å². The molecule has 0 aromatic heterocycles. The van der Waals surface area contributed by atoms with Crippen LogP contribution in [0.15, 0.2) is 0 Å². The van der Waals surface area contributed by atoms with Crippen LogP contribution in [0.25, 0.3) is 0 Å². The fourth-order valence-electron chi connectivity index (χ4n) is 3.43. The zero-order chi connectivity index (χ0) is 11.4. The minimum Gasteiger partial charge on any atom is -0.314 e. The third-order valence-corrected chi connectivity index (χ3v) is 4.61. The summed E-state index contributed by atoms with van der Waals surface area (Å²) >= 11 is 0. The molecule has 2 unspecified atom stereocenters. The van der Waals surface area contributed by atoms with E-state index in [-0.39, 0.29) is 0 Å². The molecule has 2 atom stereocenters. The Labute approximate surface area is 101 Å². The van der Waals surface area contributed by atoms with E-state index in [1.807, 2.05) is 0 Å². The van der Waals surface area contributed by atoms with E-state index in [1.165, 1.54) is 51.7 Å². The van der Waals surface area contributed by atoms with Gasteiger partial charge >= 0.3 is 0 Å². The van der Waals surface area contributed by atoms with Crippen molar-refractivity contribution in [1.29, 1.82) is 0 Å². The van der Waals surface area contributed by atoms with Gasteiger partial charge in [-0.2, -0.15) is 0 Å². The van der Waals surface area contributed by atoms with Crippen molar-refractivity contribution < 1.29 is 0 Å². The van der Waals surface area contributed by atoms with Crippen molar-refractivity contribution in [3.8, 4) is 0 Å². The summed E-state index contributed by atoms with van der Waals surface area (Å²) in [5.41, 5.74) is 0. The van der Waals surface area contributed by atoms with Gasteiger partial charge in [0.05, 0.1) is 0 Å². The van der Waals surface area contributed by atoms with Gasteiger partial charge in [0, 0.05) is 12.6 Å². The van der Waals surface area contributed by atoms with Gasteiger partial charge in [0.1, 0.15) is 0 Å². The Kier molecular flexibility index (Phi) is 4.66. The second-order valence-corrected chi connectivity index (χ2v) is 5.80. The van der Waals surface area contributed by atoms with E-state index in [4.69, 9.17) is 0 Å². The molecule has 0 bridgehead atoms. The van der Waals surface area contributed by atoms with Crippen LogP contribution in [0.4, 0.5) is 0 Å². The summed E-state index contributed by atoms with van der Waals surface area (Å²) in [4.78, 5) is 2.71. The van der Waals surface area contributed by atoms with Gasteiger partial charge in [0.15, 0.2) is 0 Å². The molecule has 1 saturated heterocycles. The molecule has 2 rings (SSSR count). The Hall–Kier alpha value is -0.0800. The molecular weight excluding hydrogens is 196 g/mol. The van der Waals surface area contributed by atoms with Crippen LogP contribution in [0.1, 0.15) is 46.0 Å². The molecule has 0 aromatic carbocycles. The summed E-state index contributed by atoms with van der Waals surface area (Å²) in [6.45, 7) is 9.81. The zero-order valence-electron chi connectivity index (χ0n) is 11.0. The van der Waals surface area contributed by atoms with E-state index in [0.29, 0.717) is 0 Å². The molecule has 1 aliphatic heterocycles. The lowest BCUT2D eigenvalue weighted by molar-refractivity contribution is 0.161. The predicted molar refractivity (Wildman–Crippen MR) is 69.6 cm³/mol. The number of hydrogen-bond acceptors (Lipinski definition) is 2. The number of hydrogen-bond donors (Lipinski definition) is 1. The molecular formula is C14H28N2. The van der Waals surface area contributed by atoms with E-state index < -0.39 is 0 Å². The topological polar surface area (TPSA) is 15.3 Å². The average Bonchev–Trinajstić information content (AvgIpc) is 2.68. The van der Waals surface area contributed by atoms with Gasteiger partial charge in [0.25, 0.3) is 0 Å². The van der Waals surface area contributed by atoms with Crippen molar-refractivity contribution in [2.45, 2.75) is 52.0 Å². The van der Waals surface area contributed by atoms with Crippen LogP contribution in [0.2, 0.25) is 0 Å². The Morgan fingerprint density at radius 1 is 1.12 bits per heavy atom. The molecule has 0 amide bonds. The molecule has 2 fully saturated rings. The van der Waals surface area contributed by atoms with E-state index >= 15 is 0 Å². The van der Waals surface area contributed by atoms with E-state index in [0.717, 1.165) is 24.4 Å². The molecule has 0 radical (unpaired) electrons. The number of likely N-dealkylation sites (tertiary alicyclic amines) is 1. The Morgan fingerprint density at radius 3 is 2.44 bits per heavy atom. The molecule has 1 N–H and O–H groups in total. The van der Waals surface area contributed by atoms with Gasteiger partial charge in [-0.3, -0.25) is 0 Å². The minimum absolute atomic E-state index is 0.794. The first-order valence-corrected chi connectivity index (χ1v) is 7.25. The first-order chi connectivity index (χ1) is 7.79. The monoisotopic (exact) mass is 224 g/mol. The van der Waals surface area contributed by atoms with Crippen LogP contribution in [0.5, 0.6) is 0 Å². The molecule has 94 valence electrons. The first kappa shape index (κ1) is 12.4. The lowest BCUT2D eigenvalue weighted by Crippen LogP contribution is -2.44. The van der Waals surface area contributed by atoms with Crippen LogP contribution < -0.4 is 5.32 Å². The predicted octanol–water partition coefficient (Wildman–Crippen LogP) is 2.50. The number of nitrogens with one attached hydrogen (secondary N) is 1. The fraction of sp³-hybridized carbons (Fsp3) is 1.00. The Morgan fingerprint density at radius 2 is 1.88 bits per heavy atom. The summed E-state index contributed by atoms with van der Waals surface area (Å²) in [6.07, 6.45) is 7.14. The van der Waals surface area contributed by atoms with Crippen molar-refractivity contribution in [2.75, 3.05) is 26.2 Å². The Bertz CT molecular complexity index is 197. The van der Waals surface area contributed by atoms with Gasteiger partial charge in [-0.1, -0.05) is 26.7 Å². The van der Waals surface area contributed by atoms with Crippen molar-refractivity contribution in [3.63, 3.8) is 0 Å². The van der Waals surface area contributed by atoms with E-state index in [2.05, 4.69) is 24.1 Å². The third-order valence-electron chi connectivity index (χ3n) is 4.61. The minimum atomic E-state index is 0.794. The third kappa shape index (κ3) is 3.21. The van der Waals surface area contributed by atoms with Crippen LogP contribution in [0.3, 0.4) is 0 Å². The molecule has 1 heterocycles. The van der Waals surface area contributed by atoms with Crippen LogP contribution >= 0.6 is 0 Å². The summed E-state index contributed by atoms with van der Waals surface area (Å²) in [5.74, 6) is 1.97. The molecule has 0 aromatic rings. The maximum absolute atomic E-state index is 3.58. The van der Waals surface area contributed by atoms with E-state index in [9.17, 15) is 0 Å². The average molecular weight is 224 g/mol. The fourth-order valence-corrected chi connectivity index (χ4v) is 3.43. The standard InChI is InChI=1S/C14H28N2/c1-3-15-14-7-9-16(10-8-14)11-13-6-4-5-12(13)2/h12-15H,3-11H2,1-2H3. The number of nitrogens with zero attached hydrogens (tertiary/aromatic N) is 1. The first-order valence-electron chi connectivity index (χ1n) is 7.25. The molecule has 0 spiro atoms. The lowest BCUT2D eigenvalue weighted by Gasteiger charge is -2.34. The normalized spacial score (nSPS) is 33.4. The smallest absolute Gasteiger partial charge is 0.00912 e. The van der Waals surface area contributed by atoms with Crippen LogP contribution in [0, 0.1) is 11.8 Å². The highest BCUT2D eigenvalue weighted by Gasteiger charge is 2.27. The molecule has 16 heavy (non-hydrogen) atoms. The van der Waals surface area contributed by atoms with Crippen LogP contribution in [-0.4, -0.2) is 37.1 Å². The second kappa shape index (κ2) is 6.02. The van der Waals surface area contributed by atoms with Crippen molar-refractivity contribution in [2.24, 2.45) is 11.8 Å². The molecule has 2 heteroatoms. The lowest BCUT2D eigenvalue weighted by atomic mass is 9.96. The largest absolute Gasteiger partial charge is 0.314 e. The highest BCUT2D eigenvalue weighted by molar-refractivity contribution is 4.81. The summed E-state index contributed by atoms with van der Waals surface area (Å²) in [6, 6.07) is 0.794. The SMILES string of the molecule is CCNC1CCN(CC2CCCC2C)CC1. The summed E-state index contributed by atoms with van der Waals surface area (Å²) in [7, 11) is 0. The summed E-state index contributed by atoms with van der Waals surface area (Å²) < 4.78 is 0. The number of rotatable bonds is 4. The molecule has 2 aliphatic rings. The highest BCUT2D eigenvalue weighted by atomic mass is 15.1. The highest BCUT2D eigenvalue weighted by Crippen LogP contribution is 2.32. The van der Waals surface area contributed by atoms with Gasteiger partial charge in [-0.25, -0.2) is 0 Å². The second-order valence-electron chi connectivity index (χ2n) is 5.80. The van der Waals surface area contributed by atoms with Crippen LogP contribution in [-0.2, 0) is 0 Å². The Balaban J connectivity index is 1.68. The molecule has 1 saturated carbocycles. The van der Waals surface area contributed by atoms with Gasteiger partial charge in [-0.15, -0.1) is 0 Å². The van der Waals surface area contributed by atoms with Gasteiger partial charge in [-0.05, 0) is 50.7 Å². The van der Waals surface area contributed by atoms with Gasteiger partial charge in [0.2, 0.25) is 0 Å². The van der Waals surface area contributed by atoms with Crippen molar-refractivity contribution in [1.82, 2.24) is 10.2 Å². The van der Waals surface area contributed by atoms with E-state index in [1.54, 1.807) is 0 Å². The quantitative estimate of drug-likeness (QED) is 0.789.